The molecular formula is C41H47N6O7P. The molecule has 0 aliphatic carbocycles. The first kappa shape index (κ1) is 40.4. The van der Waals surface area contributed by atoms with E-state index in [0.29, 0.717) is 5.69 Å². The molecule has 2 unspecified atom stereocenters. The molecule has 0 spiro atoms. The molecule has 0 saturated heterocycles. The molecule has 5 aromatic rings. The van der Waals surface area contributed by atoms with E-state index in [2.05, 4.69) is 31.2 Å². The fraction of sp³-hybridized carbons (Fsp3) is 0.293. The summed E-state index contributed by atoms with van der Waals surface area (Å²) in [5, 5.41) is 12.6. The molecule has 0 bridgehead atoms. The van der Waals surface area contributed by atoms with Gasteiger partial charge in [-0.2, -0.15) is 0 Å². The van der Waals surface area contributed by atoms with Crippen LogP contribution in [0.15, 0.2) is 116 Å². The summed E-state index contributed by atoms with van der Waals surface area (Å²) in [6.45, 7) is 3.81. The van der Waals surface area contributed by atoms with Crippen molar-refractivity contribution in [1.29, 1.82) is 0 Å². The molecule has 288 valence electrons. The Bertz CT molecular complexity index is 2070. The number of nitrogens with zero attached hydrogens (tertiary/aromatic N) is 1. The summed E-state index contributed by atoms with van der Waals surface area (Å²) in [6.07, 6.45) is 1.48. The van der Waals surface area contributed by atoms with Gasteiger partial charge in [-0.25, -0.2) is 9.78 Å². The van der Waals surface area contributed by atoms with Gasteiger partial charge in [0.1, 0.15) is 30.6 Å². The second kappa shape index (κ2) is 19.5. The van der Waals surface area contributed by atoms with Crippen LogP contribution >= 0.6 is 7.37 Å². The highest BCUT2D eigenvalue weighted by Crippen LogP contribution is 2.47. The molecule has 1 aromatic heterocycles. The van der Waals surface area contributed by atoms with Crippen molar-refractivity contribution in [2.45, 2.75) is 64.1 Å². The van der Waals surface area contributed by atoms with E-state index in [1.165, 1.54) is 12.5 Å². The van der Waals surface area contributed by atoms with Crippen LogP contribution in [0.5, 0.6) is 0 Å². The third-order valence-electron chi connectivity index (χ3n) is 8.93. The van der Waals surface area contributed by atoms with Crippen LogP contribution in [0.25, 0.3) is 10.8 Å². The van der Waals surface area contributed by atoms with Crippen LogP contribution in [0.1, 0.15) is 42.7 Å². The van der Waals surface area contributed by atoms with E-state index in [1.807, 2.05) is 105 Å². The van der Waals surface area contributed by atoms with E-state index in [0.717, 1.165) is 27.5 Å². The van der Waals surface area contributed by atoms with Gasteiger partial charge >= 0.3 is 6.09 Å². The number of amides is 4. The highest BCUT2D eigenvalue weighted by molar-refractivity contribution is 7.59. The van der Waals surface area contributed by atoms with Gasteiger partial charge in [-0.15, -0.1) is 0 Å². The average Bonchev–Trinajstić information content (AvgIpc) is 3.69. The van der Waals surface area contributed by atoms with Crippen molar-refractivity contribution in [2.24, 2.45) is 5.92 Å². The van der Waals surface area contributed by atoms with Gasteiger partial charge in [-0.05, 0) is 39.8 Å². The summed E-state index contributed by atoms with van der Waals surface area (Å²) < 4.78 is 19.2. The van der Waals surface area contributed by atoms with Crippen molar-refractivity contribution in [1.82, 2.24) is 31.2 Å². The van der Waals surface area contributed by atoms with Gasteiger partial charge in [0.05, 0.1) is 6.33 Å². The van der Waals surface area contributed by atoms with E-state index >= 15 is 0 Å². The molecule has 0 saturated carbocycles. The van der Waals surface area contributed by atoms with E-state index in [9.17, 15) is 28.6 Å². The fourth-order valence-electron chi connectivity index (χ4n) is 6.11. The number of aromatic nitrogens is 2. The van der Waals surface area contributed by atoms with Gasteiger partial charge in [0.2, 0.25) is 25.1 Å². The number of carbonyl (C=O) groups excluding carboxylic acids is 4. The summed E-state index contributed by atoms with van der Waals surface area (Å²) in [6, 6.07) is 29.1. The van der Waals surface area contributed by atoms with Crippen molar-refractivity contribution in [3.63, 3.8) is 0 Å². The number of aromatic amines is 1. The molecule has 13 nitrogen and oxygen atoms in total. The third-order valence-corrected chi connectivity index (χ3v) is 11.0. The first-order valence-corrected chi connectivity index (χ1v) is 20.0. The lowest BCUT2D eigenvalue weighted by Gasteiger charge is -2.28. The van der Waals surface area contributed by atoms with Gasteiger partial charge in [0, 0.05) is 31.3 Å². The number of nitrogens with one attached hydrogen (secondary N) is 5. The van der Waals surface area contributed by atoms with Crippen molar-refractivity contribution >= 4 is 42.0 Å². The summed E-state index contributed by atoms with van der Waals surface area (Å²) in [5.41, 5.74) is 2.87. The zero-order valence-electron chi connectivity index (χ0n) is 30.8. The van der Waals surface area contributed by atoms with Crippen LogP contribution in [-0.2, 0) is 49.7 Å². The molecule has 4 amide bonds. The Morgan fingerprint density at radius 3 is 2.11 bits per heavy atom. The number of hydrogen-bond donors (Lipinski definition) is 6. The molecule has 55 heavy (non-hydrogen) atoms. The molecule has 6 N–H and O–H groups in total. The number of imidazole rings is 1. The Morgan fingerprint density at radius 2 is 1.42 bits per heavy atom. The molecule has 1 heterocycles. The third kappa shape index (κ3) is 12.4. The van der Waals surface area contributed by atoms with Gasteiger partial charge in [-0.1, -0.05) is 117 Å². The summed E-state index contributed by atoms with van der Waals surface area (Å²) in [5.74, 6) is -3.49. The molecular weight excluding hydrogens is 719 g/mol. The molecule has 14 heteroatoms. The van der Waals surface area contributed by atoms with Crippen LogP contribution in [0.3, 0.4) is 0 Å². The van der Waals surface area contributed by atoms with E-state index in [4.69, 9.17) is 4.74 Å². The number of rotatable bonds is 18. The minimum Gasteiger partial charge on any atom is -0.445 e. The number of alkyl carbamates (subject to hydrolysis) is 1. The minimum absolute atomic E-state index is 0.0249. The predicted octanol–water partition coefficient (Wildman–Crippen LogP) is 5.20. The largest absolute Gasteiger partial charge is 0.445 e. The summed E-state index contributed by atoms with van der Waals surface area (Å²) >= 11 is 0. The van der Waals surface area contributed by atoms with E-state index < -0.39 is 55.2 Å². The zero-order valence-corrected chi connectivity index (χ0v) is 31.7. The lowest BCUT2D eigenvalue weighted by molar-refractivity contribution is -0.130. The number of carbonyl (C=O) groups is 4. The predicted molar refractivity (Wildman–Crippen MR) is 210 cm³/mol. The SMILES string of the molecule is CC(C)CC(NC(=O)[C@H](Cc1cnc[nH]1)NC(=O)[C@@H](Cc1cccc2ccccc12)NC(=O)OCc1ccccc1)P(=O)(O)CC(=O)NCc1ccccc1. The van der Waals surface area contributed by atoms with Crippen molar-refractivity contribution in [3.05, 3.63) is 138 Å². The molecule has 5 rings (SSSR count). The highest BCUT2D eigenvalue weighted by Gasteiger charge is 2.37. The number of ether oxygens (including phenoxy) is 1. The highest BCUT2D eigenvalue weighted by atomic mass is 31.2. The number of hydrogen-bond acceptors (Lipinski definition) is 7. The van der Waals surface area contributed by atoms with E-state index in [1.54, 1.807) is 12.1 Å². The topological polar surface area (TPSA) is 192 Å². The van der Waals surface area contributed by atoms with Crippen LogP contribution in [0.2, 0.25) is 0 Å². The first-order chi connectivity index (χ1) is 26.5. The molecule has 0 aliphatic rings. The van der Waals surface area contributed by atoms with Crippen molar-refractivity contribution in [2.75, 3.05) is 6.16 Å². The Hall–Kier alpha value is -5.78. The summed E-state index contributed by atoms with van der Waals surface area (Å²) in [7, 11) is -4.32. The van der Waals surface area contributed by atoms with Gasteiger partial charge < -0.3 is 35.9 Å². The van der Waals surface area contributed by atoms with Crippen LogP contribution in [0, 0.1) is 5.92 Å². The maximum atomic E-state index is 14.2. The molecule has 0 radical (unpaired) electrons. The molecule has 4 aromatic carbocycles. The first-order valence-electron chi connectivity index (χ1n) is 18.1. The number of benzene rings is 4. The quantitative estimate of drug-likeness (QED) is 0.0656. The smallest absolute Gasteiger partial charge is 0.408 e. The normalized spacial score (nSPS) is 13.9. The Labute approximate surface area is 320 Å². The minimum atomic E-state index is -4.32. The maximum absolute atomic E-state index is 14.2. The van der Waals surface area contributed by atoms with Gasteiger partial charge in [0.25, 0.3) is 0 Å². The van der Waals surface area contributed by atoms with E-state index in [-0.39, 0.29) is 38.3 Å². The fourth-order valence-corrected chi connectivity index (χ4v) is 7.93. The second-order valence-corrected chi connectivity index (χ2v) is 16.2. The number of fused-ring (bicyclic) bond motifs is 1. The van der Waals surface area contributed by atoms with Crippen LogP contribution in [0.4, 0.5) is 4.79 Å². The monoisotopic (exact) mass is 766 g/mol. The lowest BCUT2D eigenvalue weighted by Crippen LogP contribution is -2.56. The van der Waals surface area contributed by atoms with Crippen molar-refractivity contribution < 1.29 is 33.4 Å². The Morgan fingerprint density at radius 1 is 0.782 bits per heavy atom. The van der Waals surface area contributed by atoms with Crippen LogP contribution < -0.4 is 21.3 Å². The zero-order chi connectivity index (χ0) is 39.2. The standard InChI is InChI=1S/C41H47N6O7P/c1-28(2)20-38(55(52,53)26-37(48)43-23-29-12-5-3-6-13-29)47-40(50)36(22-33-24-42-27-44-33)45-39(49)35(46-41(51)54-25-30-14-7-4-8-15-30)21-32-18-11-17-31-16-9-10-19-34(31)32/h3-19,24,27-28,35-36,38H,20-23,25-26H2,1-2H3,(H,42,44)(H,43,48)(H,45,49)(H,46,51)(H,47,50)(H,52,53)/t35-,36+,38?/m1/s1. The lowest BCUT2D eigenvalue weighted by atomic mass is 9.98. The Kier molecular flexibility index (Phi) is 14.3. The molecule has 4 atom stereocenters. The Balaban J connectivity index is 1.35. The maximum Gasteiger partial charge on any atom is 0.408 e. The van der Waals surface area contributed by atoms with Gasteiger partial charge in [-0.3, -0.25) is 18.9 Å². The summed E-state index contributed by atoms with van der Waals surface area (Å²) in [4.78, 5) is 72.5. The average molecular weight is 767 g/mol. The van der Waals surface area contributed by atoms with Crippen LogP contribution in [-0.4, -0.2) is 62.7 Å². The molecule has 0 fully saturated rings. The number of H-pyrrole nitrogens is 1. The van der Waals surface area contributed by atoms with Gasteiger partial charge in [0.15, 0.2) is 0 Å². The van der Waals surface area contributed by atoms with Crippen molar-refractivity contribution in [3.8, 4) is 0 Å². The molecule has 0 aliphatic heterocycles. The second-order valence-electron chi connectivity index (χ2n) is 13.8.